The smallest absolute Gasteiger partial charge is 0.429 e. The van der Waals surface area contributed by atoms with Gasteiger partial charge in [-0.05, 0) is 45.2 Å². The highest BCUT2D eigenvalue weighted by molar-refractivity contribution is 6.30. The van der Waals surface area contributed by atoms with Crippen LogP contribution in [-0.2, 0) is 4.74 Å². The SMILES string of the molecule is CC(C)(C)OC(=O)N1CCCCN1c1nc(Cl)nc2c(F)c(Cl)ncc12. The molecule has 0 aromatic carbocycles. The van der Waals surface area contributed by atoms with Gasteiger partial charge >= 0.3 is 6.09 Å². The van der Waals surface area contributed by atoms with Crippen molar-refractivity contribution >= 4 is 46.0 Å². The Kier molecular flexibility index (Phi) is 5.07. The molecule has 0 saturated carbocycles. The zero-order chi connectivity index (χ0) is 19.1. The lowest BCUT2D eigenvalue weighted by Gasteiger charge is -2.39. The molecule has 10 heteroatoms. The maximum absolute atomic E-state index is 14.3. The topological polar surface area (TPSA) is 71.5 Å². The highest BCUT2D eigenvalue weighted by Crippen LogP contribution is 2.31. The average Bonchev–Trinajstić information content (AvgIpc) is 2.56. The van der Waals surface area contributed by atoms with Crippen molar-refractivity contribution in [3.63, 3.8) is 0 Å². The minimum Gasteiger partial charge on any atom is -0.442 e. The molecular formula is C16H18Cl2FN5O2. The summed E-state index contributed by atoms with van der Waals surface area (Å²) in [4.78, 5) is 24.6. The molecular weight excluding hydrogens is 384 g/mol. The van der Waals surface area contributed by atoms with Crippen LogP contribution in [0.25, 0.3) is 10.9 Å². The Morgan fingerprint density at radius 2 is 1.92 bits per heavy atom. The zero-order valence-electron chi connectivity index (χ0n) is 14.6. The number of pyridine rings is 1. The van der Waals surface area contributed by atoms with Gasteiger partial charge in [-0.1, -0.05) is 11.6 Å². The summed E-state index contributed by atoms with van der Waals surface area (Å²) in [5.74, 6) is -0.496. The van der Waals surface area contributed by atoms with E-state index in [1.165, 1.54) is 11.2 Å². The molecule has 0 radical (unpaired) electrons. The summed E-state index contributed by atoms with van der Waals surface area (Å²) in [5, 5.41) is 2.93. The van der Waals surface area contributed by atoms with Crippen LogP contribution in [0.2, 0.25) is 10.4 Å². The third kappa shape index (κ3) is 3.76. The standard InChI is InChI=1S/C16H18Cl2FN5O2/c1-16(2,3)26-15(25)24-7-5-4-6-23(24)13-9-8-20-12(17)10(19)11(9)21-14(18)22-13/h8H,4-7H2,1-3H3. The first-order valence-electron chi connectivity index (χ1n) is 8.12. The molecule has 0 unspecified atom stereocenters. The average molecular weight is 402 g/mol. The Morgan fingerprint density at radius 1 is 1.23 bits per heavy atom. The van der Waals surface area contributed by atoms with E-state index in [1.54, 1.807) is 25.8 Å². The predicted octanol–water partition coefficient (Wildman–Crippen LogP) is 4.22. The fraction of sp³-hybridized carbons (Fsp3) is 0.500. The molecule has 0 bridgehead atoms. The number of aromatic nitrogens is 3. The van der Waals surface area contributed by atoms with E-state index in [0.29, 0.717) is 18.5 Å². The molecule has 0 spiro atoms. The first-order valence-corrected chi connectivity index (χ1v) is 8.88. The zero-order valence-corrected chi connectivity index (χ0v) is 16.1. The summed E-state index contributed by atoms with van der Waals surface area (Å²) in [6.45, 7) is 6.31. The van der Waals surface area contributed by atoms with Crippen molar-refractivity contribution in [2.75, 3.05) is 18.1 Å². The number of fused-ring (bicyclic) bond motifs is 1. The number of amides is 1. The monoisotopic (exact) mass is 401 g/mol. The van der Waals surface area contributed by atoms with E-state index in [2.05, 4.69) is 15.0 Å². The fourth-order valence-corrected chi connectivity index (χ4v) is 2.98. The quantitative estimate of drug-likeness (QED) is 0.525. The molecule has 1 aliphatic heterocycles. The number of anilines is 1. The number of nitrogens with zero attached hydrogens (tertiary/aromatic N) is 5. The summed E-state index contributed by atoms with van der Waals surface area (Å²) in [6.07, 6.45) is 2.49. The molecule has 3 rings (SSSR count). The number of rotatable bonds is 1. The first-order chi connectivity index (χ1) is 12.2. The third-order valence-electron chi connectivity index (χ3n) is 3.72. The highest BCUT2D eigenvalue weighted by atomic mass is 35.5. The number of carbonyl (C=O) groups excluding carboxylic acids is 1. The Balaban J connectivity index is 2.08. The van der Waals surface area contributed by atoms with Crippen molar-refractivity contribution in [3.8, 4) is 0 Å². The summed E-state index contributed by atoms with van der Waals surface area (Å²) < 4.78 is 19.8. The Morgan fingerprint density at radius 3 is 2.62 bits per heavy atom. The summed E-state index contributed by atoms with van der Waals surface area (Å²) in [7, 11) is 0. The second kappa shape index (κ2) is 7.00. The molecule has 1 aliphatic rings. The minimum absolute atomic E-state index is 0.0466. The predicted molar refractivity (Wildman–Crippen MR) is 96.8 cm³/mol. The van der Waals surface area contributed by atoms with Crippen LogP contribution in [0.15, 0.2) is 6.20 Å². The van der Waals surface area contributed by atoms with Crippen LogP contribution >= 0.6 is 23.2 Å². The van der Waals surface area contributed by atoms with Gasteiger partial charge in [0.1, 0.15) is 11.1 Å². The number of hydrogen-bond acceptors (Lipinski definition) is 6. The summed E-state index contributed by atoms with van der Waals surface area (Å²) in [6, 6.07) is 0. The van der Waals surface area contributed by atoms with Crippen molar-refractivity contribution < 1.29 is 13.9 Å². The molecule has 0 atom stereocenters. The van der Waals surface area contributed by atoms with Gasteiger partial charge in [0.15, 0.2) is 16.8 Å². The molecule has 1 amide bonds. The van der Waals surface area contributed by atoms with Crippen LogP contribution in [0.4, 0.5) is 15.0 Å². The lowest BCUT2D eigenvalue weighted by atomic mass is 10.2. The van der Waals surface area contributed by atoms with Crippen molar-refractivity contribution in [2.24, 2.45) is 0 Å². The Hall–Kier alpha value is -1.93. The molecule has 2 aromatic rings. The van der Waals surface area contributed by atoms with E-state index in [4.69, 9.17) is 27.9 Å². The van der Waals surface area contributed by atoms with E-state index in [-0.39, 0.29) is 21.8 Å². The van der Waals surface area contributed by atoms with Gasteiger partial charge in [0.25, 0.3) is 0 Å². The van der Waals surface area contributed by atoms with E-state index >= 15 is 0 Å². The molecule has 1 fully saturated rings. The largest absolute Gasteiger partial charge is 0.442 e. The van der Waals surface area contributed by atoms with Gasteiger partial charge in [-0.15, -0.1) is 0 Å². The van der Waals surface area contributed by atoms with Crippen LogP contribution in [0.3, 0.4) is 0 Å². The molecule has 7 nitrogen and oxygen atoms in total. The first kappa shape index (κ1) is 18.8. The van der Waals surface area contributed by atoms with Gasteiger partial charge in [-0.3, -0.25) is 5.01 Å². The number of carbonyl (C=O) groups is 1. The summed E-state index contributed by atoms with van der Waals surface area (Å²) in [5.41, 5.74) is -0.693. The number of hydrogen-bond donors (Lipinski definition) is 0. The van der Waals surface area contributed by atoms with Gasteiger partial charge in [0.2, 0.25) is 5.28 Å². The van der Waals surface area contributed by atoms with Crippen molar-refractivity contribution in [2.45, 2.75) is 39.2 Å². The van der Waals surface area contributed by atoms with Crippen molar-refractivity contribution in [3.05, 3.63) is 22.5 Å². The minimum atomic E-state index is -0.782. The van der Waals surface area contributed by atoms with E-state index in [9.17, 15) is 9.18 Å². The van der Waals surface area contributed by atoms with Gasteiger partial charge in [-0.2, -0.15) is 4.98 Å². The number of hydrazine groups is 1. The normalized spacial score (nSPS) is 15.5. The van der Waals surface area contributed by atoms with E-state index in [1.807, 2.05) is 0 Å². The fourth-order valence-electron chi connectivity index (χ4n) is 2.68. The van der Waals surface area contributed by atoms with Crippen LogP contribution in [0.1, 0.15) is 33.6 Å². The van der Waals surface area contributed by atoms with Gasteiger partial charge in [0.05, 0.1) is 5.39 Å². The molecule has 26 heavy (non-hydrogen) atoms. The molecule has 1 saturated heterocycles. The molecule has 0 aliphatic carbocycles. The van der Waals surface area contributed by atoms with Gasteiger partial charge in [-0.25, -0.2) is 24.2 Å². The maximum Gasteiger partial charge on any atom is 0.429 e. The van der Waals surface area contributed by atoms with Crippen LogP contribution in [0.5, 0.6) is 0 Å². The summed E-state index contributed by atoms with van der Waals surface area (Å²) >= 11 is 11.7. The van der Waals surface area contributed by atoms with E-state index in [0.717, 1.165) is 12.8 Å². The van der Waals surface area contributed by atoms with E-state index < -0.39 is 17.5 Å². The lowest BCUT2D eigenvalue weighted by molar-refractivity contribution is 0.0191. The third-order valence-corrected chi connectivity index (χ3v) is 4.16. The molecule has 0 N–H and O–H groups in total. The number of ether oxygens (including phenoxy) is 1. The molecule has 2 aromatic heterocycles. The highest BCUT2D eigenvalue weighted by Gasteiger charge is 2.32. The van der Waals surface area contributed by atoms with Crippen LogP contribution < -0.4 is 5.01 Å². The lowest BCUT2D eigenvalue weighted by Crippen LogP contribution is -2.52. The van der Waals surface area contributed by atoms with Crippen molar-refractivity contribution in [1.82, 2.24) is 20.0 Å². The van der Waals surface area contributed by atoms with Crippen molar-refractivity contribution in [1.29, 1.82) is 0 Å². The second-order valence-corrected chi connectivity index (χ2v) is 7.57. The molecule has 3 heterocycles. The Bertz CT molecular complexity index is 859. The molecule has 140 valence electrons. The van der Waals surface area contributed by atoms with Gasteiger partial charge in [0, 0.05) is 19.3 Å². The Labute approximate surface area is 160 Å². The van der Waals surface area contributed by atoms with Gasteiger partial charge < -0.3 is 4.74 Å². The maximum atomic E-state index is 14.3. The van der Waals surface area contributed by atoms with Crippen LogP contribution in [-0.4, -0.2) is 44.7 Å². The second-order valence-electron chi connectivity index (χ2n) is 6.88. The number of halogens is 3. The van der Waals surface area contributed by atoms with Crippen LogP contribution in [0, 0.1) is 5.82 Å².